The second-order valence-electron chi connectivity index (χ2n) is 5.68. The van der Waals surface area contributed by atoms with Gasteiger partial charge >= 0.3 is 6.03 Å². The van der Waals surface area contributed by atoms with Crippen LogP contribution in [0.5, 0.6) is 0 Å². The van der Waals surface area contributed by atoms with Crippen molar-refractivity contribution >= 4 is 35.3 Å². The van der Waals surface area contributed by atoms with E-state index in [1.54, 1.807) is 18.7 Å². The van der Waals surface area contributed by atoms with Crippen LogP contribution < -0.4 is 5.32 Å². The van der Waals surface area contributed by atoms with Crippen LogP contribution in [0.3, 0.4) is 0 Å². The van der Waals surface area contributed by atoms with Gasteiger partial charge in [-0.2, -0.15) is 0 Å². The van der Waals surface area contributed by atoms with Crippen molar-refractivity contribution < 1.29 is 9.59 Å². The molecule has 6 heteroatoms. The summed E-state index contributed by atoms with van der Waals surface area (Å²) in [4.78, 5) is 27.3. The van der Waals surface area contributed by atoms with Gasteiger partial charge in [-0.3, -0.25) is 9.69 Å². The van der Waals surface area contributed by atoms with E-state index in [-0.39, 0.29) is 11.9 Å². The van der Waals surface area contributed by atoms with Crippen LogP contribution >= 0.6 is 23.4 Å². The number of amides is 3. The predicted molar refractivity (Wildman–Crippen MR) is 96.2 cm³/mol. The van der Waals surface area contributed by atoms with Gasteiger partial charge in [-0.05, 0) is 36.8 Å². The molecule has 1 aliphatic heterocycles. The first kappa shape index (κ1) is 16.9. The van der Waals surface area contributed by atoms with Crippen LogP contribution in [0.1, 0.15) is 12.5 Å². The number of carbonyl (C=O) groups excluding carboxylic acids is 2. The second-order valence-corrected chi connectivity index (χ2v) is 7.29. The molecule has 0 bridgehead atoms. The Hall–Kier alpha value is -1.98. The molecule has 1 atom stereocenters. The Morgan fingerprint density at radius 1 is 1.08 bits per heavy atom. The molecule has 1 saturated heterocycles. The zero-order valence-electron chi connectivity index (χ0n) is 13.2. The molecule has 124 valence electrons. The normalized spacial score (nSPS) is 20.3. The summed E-state index contributed by atoms with van der Waals surface area (Å²) in [6, 6.07) is 16.5. The topological polar surface area (TPSA) is 49.4 Å². The Balaban J connectivity index is 1.65. The summed E-state index contributed by atoms with van der Waals surface area (Å²) in [5, 5.41) is 3.50. The van der Waals surface area contributed by atoms with Crippen molar-refractivity contribution in [2.75, 3.05) is 12.3 Å². The number of halogens is 1. The van der Waals surface area contributed by atoms with Crippen LogP contribution in [0.25, 0.3) is 0 Å². The molecule has 2 aromatic rings. The molecule has 4 nitrogen and oxygen atoms in total. The van der Waals surface area contributed by atoms with E-state index >= 15 is 0 Å². The first-order valence-corrected chi connectivity index (χ1v) is 8.95. The van der Waals surface area contributed by atoms with Crippen molar-refractivity contribution in [3.8, 4) is 0 Å². The second kappa shape index (κ2) is 6.87. The maximum Gasteiger partial charge on any atom is 0.325 e. The Labute approximate surface area is 150 Å². The van der Waals surface area contributed by atoms with Gasteiger partial charge in [0.25, 0.3) is 5.91 Å². The molecule has 0 saturated carbocycles. The van der Waals surface area contributed by atoms with E-state index in [0.717, 1.165) is 10.5 Å². The van der Waals surface area contributed by atoms with E-state index in [4.69, 9.17) is 11.6 Å². The van der Waals surface area contributed by atoms with Gasteiger partial charge in [0.1, 0.15) is 5.54 Å². The van der Waals surface area contributed by atoms with Crippen molar-refractivity contribution in [1.82, 2.24) is 10.2 Å². The summed E-state index contributed by atoms with van der Waals surface area (Å²) in [6.45, 7) is 2.11. The summed E-state index contributed by atoms with van der Waals surface area (Å²) in [5.41, 5.74) is -0.209. The number of nitrogens with one attached hydrogen (secondary N) is 1. The number of hydrogen-bond donors (Lipinski definition) is 1. The van der Waals surface area contributed by atoms with E-state index in [2.05, 4.69) is 5.32 Å². The summed E-state index contributed by atoms with van der Waals surface area (Å²) < 4.78 is 0. The molecule has 0 radical (unpaired) electrons. The lowest BCUT2D eigenvalue weighted by atomic mass is 9.92. The Bertz CT molecular complexity index is 751. The lowest BCUT2D eigenvalue weighted by molar-refractivity contribution is -0.130. The number of thioether (sulfide) groups is 1. The summed E-state index contributed by atoms with van der Waals surface area (Å²) in [6.07, 6.45) is 0. The zero-order chi connectivity index (χ0) is 17.2. The van der Waals surface area contributed by atoms with Gasteiger partial charge in [0.2, 0.25) is 0 Å². The van der Waals surface area contributed by atoms with Gasteiger partial charge in [-0.25, -0.2) is 4.79 Å². The highest BCUT2D eigenvalue weighted by Gasteiger charge is 2.48. The van der Waals surface area contributed by atoms with Crippen molar-refractivity contribution in [3.05, 3.63) is 65.2 Å². The number of imide groups is 1. The molecular formula is C18H17ClN2O2S. The zero-order valence-corrected chi connectivity index (χ0v) is 14.7. The number of urea groups is 1. The molecule has 1 aliphatic rings. The molecule has 3 amide bonds. The first-order chi connectivity index (χ1) is 11.5. The monoisotopic (exact) mass is 360 g/mol. The molecule has 0 aliphatic carbocycles. The average Bonchev–Trinajstić information content (AvgIpc) is 2.81. The first-order valence-electron chi connectivity index (χ1n) is 7.59. The minimum Gasteiger partial charge on any atom is -0.319 e. The maximum atomic E-state index is 12.7. The van der Waals surface area contributed by atoms with Crippen LogP contribution in [0.4, 0.5) is 4.79 Å². The van der Waals surface area contributed by atoms with Gasteiger partial charge in [0.15, 0.2) is 0 Å². The molecule has 0 aromatic heterocycles. The number of nitrogens with zero attached hydrogens (tertiary/aromatic N) is 1. The van der Waals surface area contributed by atoms with Gasteiger partial charge in [-0.15, -0.1) is 11.8 Å². The molecule has 1 heterocycles. The van der Waals surface area contributed by atoms with Crippen molar-refractivity contribution in [3.63, 3.8) is 0 Å². The largest absolute Gasteiger partial charge is 0.325 e. The van der Waals surface area contributed by atoms with E-state index in [9.17, 15) is 9.59 Å². The summed E-state index contributed by atoms with van der Waals surface area (Å²) in [7, 11) is 0. The third-order valence-electron chi connectivity index (χ3n) is 4.02. The third kappa shape index (κ3) is 3.28. The SMILES string of the molecule is C[C@]1(c2ccccc2)NC(=O)N(CCSc2ccc(Cl)cc2)C1=O. The fraction of sp³-hybridized carbons (Fsp3) is 0.222. The number of benzene rings is 2. The lowest BCUT2D eigenvalue weighted by Gasteiger charge is -2.22. The van der Waals surface area contributed by atoms with Crippen molar-refractivity contribution in [2.24, 2.45) is 0 Å². The van der Waals surface area contributed by atoms with E-state index in [1.807, 2.05) is 54.6 Å². The maximum absolute atomic E-state index is 12.7. The predicted octanol–water partition coefficient (Wildman–Crippen LogP) is 3.90. The van der Waals surface area contributed by atoms with Gasteiger partial charge < -0.3 is 5.32 Å². The molecule has 1 N–H and O–H groups in total. The fourth-order valence-electron chi connectivity index (χ4n) is 2.65. The van der Waals surface area contributed by atoms with Crippen LogP contribution in [0.15, 0.2) is 59.5 Å². The molecule has 3 rings (SSSR count). The van der Waals surface area contributed by atoms with Crippen molar-refractivity contribution in [1.29, 1.82) is 0 Å². The van der Waals surface area contributed by atoms with Crippen LogP contribution in [0, 0.1) is 0 Å². The highest BCUT2D eigenvalue weighted by molar-refractivity contribution is 7.99. The lowest BCUT2D eigenvalue weighted by Crippen LogP contribution is -2.41. The van der Waals surface area contributed by atoms with Crippen LogP contribution in [0.2, 0.25) is 5.02 Å². The Morgan fingerprint density at radius 2 is 1.75 bits per heavy atom. The molecule has 1 fully saturated rings. The number of hydrogen-bond acceptors (Lipinski definition) is 3. The van der Waals surface area contributed by atoms with Crippen molar-refractivity contribution in [2.45, 2.75) is 17.4 Å². The van der Waals surface area contributed by atoms with Gasteiger partial charge in [0, 0.05) is 22.2 Å². The smallest absolute Gasteiger partial charge is 0.319 e. The highest BCUT2D eigenvalue weighted by Crippen LogP contribution is 2.29. The van der Waals surface area contributed by atoms with E-state index < -0.39 is 5.54 Å². The number of rotatable bonds is 5. The summed E-state index contributed by atoms with van der Waals surface area (Å²) in [5.74, 6) is 0.418. The molecule has 24 heavy (non-hydrogen) atoms. The third-order valence-corrected chi connectivity index (χ3v) is 5.27. The minimum absolute atomic E-state index is 0.213. The average molecular weight is 361 g/mol. The van der Waals surface area contributed by atoms with Crippen LogP contribution in [-0.4, -0.2) is 29.1 Å². The standard InChI is InChI=1S/C18H17ClN2O2S/c1-18(13-5-3-2-4-6-13)16(22)21(17(23)20-18)11-12-24-15-9-7-14(19)8-10-15/h2-10H,11-12H2,1H3,(H,20,23)/t18-/m1/s1. The molecule has 0 unspecified atom stereocenters. The van der Waals surface area contributed by atoms with Gasteiger partial charge in [-0.1, -0.05) is 41.9 Å². The van der Waals surface area contributed by atoms with Gasteiger partial charge in [0.05, 0.1) is 0 Å². The minimum atomic E-state index is -0.997. The molecule has 0 spiro atoms. The van der Waals surface area contributed by atoms with E-state index in [0.29, 0.717) is 17.3 Å². The Morgan fingerprint density at radius 3 is 2.42 bits per heavy atom. The Kier molecular flexibility index (Phi) is 4.83. The highest BCUT2D eigenvalue weighted by atomic mass is 35.5. The van der Waals surface area contributed by atoms with E-state index in [1.165, 1.54) is 4.90 Å². The van der Waals surface area contributed by atoms with Crippen LogP contribution in [-0.2, 0) is 10.3 Å². The quantitative estimate of drug-likeness (QED) is 0.650. The molecular weight excluding hydrogens is 344 g/mol. The number of carbonyl (C=O) groups is 2. The molecule has 2 aromatic carbocycles. The fourth-order valence-corrected chi connectivity index (χ4v) is 3.62. The summed E-state index contributed by atoms with van der Waals surface area (Å²) >= 11 is 7.45.